The molecule has 1 amide bonds. The number of alkyl halides is 3. The maximum atomic E-state index is 12.1. The van der Waals surface area contributed by atoms with Crippen LogP contribution in [0.15, 0.2) is 0 Å². The molecular weight excluding hydrogens is 263 g/mol. The molecule has 0 aliphatic heterocycles. The number of halogens is 4. The second kappa shape index (κ2) is 7.37. The van der Waals surface area contributed by atoms with Crippen LogP contribution in [0.5, 0.6) is 0 Å². The van der Waals surface area contributed by atoms with Gasteiger partial charge in [-0.05, 0) is 24.4 Å². The zero-order chi connectivity index (χ0) is 13.5. The molecule has 4 nitrogen and oxygen atoms in total. The van der Waals surface area contributed by atoms with Crippen LogP contribution in [0.4, 0.5) is 18.0 Å². The van der Waals surface area contributed by atoms with E-state index in [2.05, 4.69) is 0 Å². The minimum Gasteiger partial charge on any atom is -0.465 e. The zero-order valence-electron chi connectivity index (χ0n) is 8.97. The highest BCUT2D eigenvalue weighted by Crippen LogP contribution is 2.22. The normalized spacial score (nSPS) is 11.3. The number of nitrogens with zero attached hydrogens (tertiary/aromatic N) is 1. The molecule has 0 aliphatic rings. The lowest BCUT2D eigenvalue weighted by atomic mass is 10.1. The van der Waals surface area contributed by atoms with E-state index in [1.54, 1.807) is 0 Å². The van der Waals surface area contributed by atoms with Gasteiger partial charge in [-0.3, -0.25) is 4.79 Å². The fraction of sp³-hybridized carbons (Fsp3) is 0.778. The predicted octanol–water partition coefficient (Wildman–Crippen LogP) is 3.20. The first-order chi connectivity index (χ1) is 7.75. The maximum absolute atomic E-state index is 12.1. The van der Waals surface area contributed by atoms with Crippen LogP contribution in [0.2, 0.25) is 0 Å². The number of hydrogen-bond acceptors (Lipinski definition) is 2. The van der Waals surface area contributed by atoms with Gasteiger partial charge in [0.15, 0.2) is 0 Å². The van der Waals surface area contributed by atoms with Gasteiger partial charge in [-0.25, -0.2) is 9.69 Å². The Bertz CT molecular complexity index is 271. The van der Waals surface area contributed by atoms with Crippen LogP contribution in [-0.4, -0.2) is 34.2 Å². The third-order valence-corrected chi connectivity index (χ3v) is 2.23. The Balaban J connectivity index is 3.78. The van der Waals surface area contributed by atoms with Crippen molar-refractivity contribution in [3.63, 3.8) is 0 Å². The van der Waals surface area contributed by atoms with Crippen molar-refractivity contribution in [2.24, 2.45) is 0 Å². The summed E-state index contributed by atoms with van der Waals surface area (Å²) in [5.41, 5.74) is 0. The van der Waals surface area contributed by atoms with Gasteiger partial charge in [0.1, 0.15) is 0 Å². The molecule has 0 aromatic heterocycles. The maximum Gasteiger partial charge on any atom is 0.489 e. The lowest BCUT2D eigenvalue weighted by Crippen LogP contribution is -2.42. The highest BCUT2D eigenvalue weighted by atomic mass is 35.5. The van der Waals surface area contributed by atoms with Crippen LogP contribution in [0.3, 0.4) is 0 Å². The summed E-state index contributed by atoms with van der Waals surface area (Å²) in [7, 11) is 0. The van der Waals surface area contributed by atoms with Gasteiger partial charge in [0, 0.05) is 13.0 Å². The molecule has 0 spiro atoms. The van der Waals surface area contributed by atoms with Crippen LogP contribution in [0.25, 0.3) is 0 Å². The first-order valence-corrected chi connectivity index (χ1v) is 5.38. The smallest absolute Gasteiger partial charge is 0.465 e. The highest BCUT2D eigenvalue weighted by molar-refractivity contribution is 6.63. The standard InChI is InChI=1S/C9H13ClF3NO3/c10-7(15)5-3-1-2-4-6-14(8(16)17)9(11,12)13/h1-6H2,(H,16,17). The van der Waals surface area contributed by atoms with Crippen molar-refractivity contribution < 1.29 is 27.9 Å². The molecule has 0 atom stereocenters. The third-order valence-electron chi connectivity index (χ3n) is 2.04. The van der Waals surface area contributed by atoms with Crippen LogP contribution in [0, 0.1) is 0 Å². The Hall–Kier alpha value is -0.980. The first-order valence-electron chi connectivity index (χ1n) is 5.00. The molecule has 0 aromatic carbocycles. The first kappa shape index (κ1) is 16.0. The number of amides is 1. The summed E-state index contributed by atoms with van der Waals surface area (Å²) in [6, 6.07) is 0. The fourth-order valence-electron chi connectivity index (χ4n) is 1.22. The van der Waals surface area contributed by atoms with Gasteiger partial charge >= 0.3 is 12.4 Å². The molecule has 0 radical (unpaired) electrons. The molecule has 0 aliphatic carbocycles. The van der Waals surface area contributed by atoms with E-state index in [-0.39, 0.29) is 12.8 Å². The lowest BCUT2D eigenvalue weighted by molar-refractivity contribution is -0.228. The molecule has 0 fully saturated rings. The molecule has 0 rings (SSSR count). The second-order valence-electron chi connectivity index (χ2n) is 3.42. The van der Waals surface area contributed by atoms with E-state index < -0.39 is 29.1 Å². The van der Waals surface area contributed by atoms with Crippen molar-refractivity contribution in [3.8, 4) is 0 Å². The van der Waals surface area contributed by atoms with Crippen molar-refractivity contribution in [2.45, 2.75) is 38.4 Å². The Morgan fingerprint density at radius 2 is 1.65 bits per heavy atom. The van der Waals surface area contributed by atoms with Gasteiger partial charge in [0.05, 0.1) is 0 Å². The summed E-state index contributed by atoms with van der Waals surface area (Å²) in [5, 5.41) is 7.85. The molecule has 0 unspecified atom stereocenters. The summed E-state index contributed by atoms with van der Waals surface area (Å²) in [4.78, 5) is 20.1. The topological polar surface area (TPSA) is 57.6 Å². The highest BCUT2D eigenvalue weighted by Gasteiger charge is 2.40. The van der Waals surface area contributed by atoms with Crippen molar-refractivity contribution in [1.82, 2.24) is 4.90 Å². The minimum absolute atomic E-state index is 0.0995. The summed E-state index contributed by atoms with van der Waals surface area (Å²) in [5.74, 6) is 0. The SMILES string of the molecule is O=C(Cl)CCCCCCN(C(=O)O)C(F)(F)F. The van der Waals surface area contributed by atoms with Gasteiger partial charge < -0.3 is 5.11 Å². The summed E-state index contributed by atoms with van der Waals surface area (Å²) >= 11 is 5.07. The summed E-state index contributed by atoms with van der Waals surface area (Å²) in [6.45, 7) is -0.590. The Morgan fingerprint density at radius 1 is 1.12 bits per heavy atom. The second-order valence-corrected chi connectivity index (χ2v) is 3.84. The lowest BCUT2D eigenvalue weighted by Gasteiger charge is -2.21. The summed E-state index contributed by atoms with van der Waals surface area (Å²) in [6.07, 6.45) is -5.12. The number of unbranched alkanes of at least 4 members (excludes halogenated alkanes) is 3. The van der Waals surface area contributed by atoms with E-state index in [9.17, 15) is 22.8 Å². The van der Waals surface area contributed by atoms with Crippen LogP contribution < -0.4 is 0 Å². The molecular formula is C9H13ClF3NO3. The van der Waals surface area contributed by atoms with Crippen molar-refractivity contribution in [3.05, 3.63) is 0 Å². The van der Waals surface area contributed by atoms with E-state index in [1.165, 1.54) is 0 Å². The van der Waals surface area contributed by atoms with Gasteiger partial charge in [0.2, 0.25) is 5.24 Å². The Kier molecular flexibility index (Phi) is 6.94. The van der Waals surface area contributed by atoms with Crippen LogP contribution in [-0.2, 0) is 4.79 Å². The van der Waals surface area contributed by atoms with E-state index >= 15 is 0 Å². The molecule has 100 valence electrons. The monoisotopic (exact) mass is 275 g/mol. The van der Waals surface area contributed by atoms with Crippen LogP contribution >= 0.6 is 11.6 Å². The molecule has 8 heteroatoms. The average Bonchev–Trinajstić information content (AvgIpc) is 2.13. The number of carbonyl (C=O) groups is 2. The molecule has 0 bridgehead atoms. The van der Waals surface area contributed by atoms with Crippen LogP contribution in [0.1, 0.15) is 32.1 Å². The zero-order valence-corrected chi connectivity index (χ0v) is 9.72. The minimum atomic E-state index is -4.86. The van der Waals surface area contributed by atoms with Gasteiger partial charge in [-0.1, -0.05) is 12.8 Å². The van der Waals surface area contributed by atoms with Crippen molar-refractivity contribution in [2.75, 3.05) is 6.54 Å². The van der Waals surface area contributed by atoms with E-state index in [0.717, 1.165) is 0 Å². The van der Waals surface area contributed by atoms with E-state index in [4.69, 9.17) is 16.7 Å². The van der Waals surface area contributed by atoms with Crippen molar-refractivity contribution in [1.29, 1.82) is 0 Å². The Labute approximate surface area is 101 Å². The van der Waals surface area contributed by atoms with Gasteiger partial charge in [-0.15, -0.1) is 13.2 Å². The average molecular weight is 276 g/mol. The van der Waals surface area contributed by atoms with E-state index in [1.807, 2.05) is 0 Å². The largest absolute Gasteiger partial charge is 0.489 e. The molecule has 0 saturated carbocycles. The molecule has 0 heterocycles. The number of hydrogen-bond donors (Lipinski definition) is 1. The van der Waals surface area contributed by atoms with Gasteiger partial charge in [0.25, 0.3) is 0 Å². The molecule has 1 N–H and O–H groups in total. The third kappa shape index (κ3) is 7.84. The number of carbonyl (C=O) groups excluding carboxylic acids is 1. The molecule has 17 heavy (non-hydrogen) atoms. The Morgan fingerprint density at radius 3 is 2.06 bits per heavy atom. The van der Waals surface area contributed by atoms with Crippen molar-refractivity contribution >= 4 is 22.9 Å². The summed E-state index contributed by atoms with van der Waals surface area (Å²) < 4.78 is 36.4. The molecule has 0 saturated heterocycles. The quantitative estimate of drug-likeness (QED) is 0.441. The fourth-order valence-corrected chi connectivity index (χ4v) is 1.35. The number of rotatable bonds is 7. The van der Waals surface area contributed by atoms with E-state index in [0.29, 0.717) is 19.3 Å². The number of carboxylic acid groups (broad SMARTS) is 1. The van der Waals surface area contributed by atoms with Gasteiger partial charge in [-0.2, -0.15) is 0 Å². The predicted molar refractivity (Wildman–Crippen MR) is 54.7 cm³/mol. The molecule has 0 aromatic rings.